The van der Waals surface area contributed by atoms with Crippen LogP contribution in [0.15, 0.2) is 46.8 Å². The van der Waals surface area contributed by atoms with Crippen LogP contribution in [0.5, 0.6) is 11.5 Å². The number of rotatable bonds is 8. The number of benzene rings is 2. The number of methoxy groups -OCH3 is 1. The van der Waals surface area contributed by atoms with E-state index in [-0.39, 0.29) is 0 Å². The molecular weight excluding hydrogens is 366 g/mol. The summed E-state index contributed by atoms with van der Waals surface area (Å²) in [6.45, 7) is 4.81. The number of hydrogen-bond donors (Lipinski definition) is 1. The maximum atomic E-state index is 5.72. The van der Waals surface area contributed by atoms with E-state index in [1.165, 1.54) is 11.1 Å². The van der Waals surface area contributed by atoms with E-state index in [1.807, 2.05) is 30.3 Å². The quantitative estimate of drug-likeness (QED) is 0.430. The molecule has 3 rings (SSSR count). The summed E-state index contributed by atoms with van der Waals surface area (Å²) in [4.78, 5) is 0. The number of hydrogen-bond acceptors (Lipinski definition) is 7. The van der Waals surface area contributed by atoms with Crippen LogP contribution in [0.25, 0.3) is 0 Å². The minimum Gasteiger partial charge on any atom is -0.497 e. The van der Waals surface area contributed by atoms with Gasteiger partial charge in [0.05, 0.1) is 13.7 Å². The smallest absolute Gasteiger partial charge is 0.210 e. The second-order valence-electron chi connectivity index (χ2n) is 5.62. The predicted molar refractivity (Wildman–Crippen MR) is 108 cm³/mol. The Hall–Kier alpha value is -2.25. The first kappa shape index (κ1) is 18.5. The van der Waals surface area contributed by atoms with Crippen LogP contribution >= 0.6 is 23.1 Å². The second kappa shape index (κ2) is 8.91. The number of anilines is 2. The van der Waals surface area contributed by atoms with Crippen LogP contribution < -0.4 is 14.8 Å². The molecule has 0 aliphatic heterocycles. The van der Waals surface area contributed by atoms with Gasteiger partial charge in [0.1, 0.15) is 11.5 Å². The van der Waals surface area contributed by atoms with Crippen molar-refractivity contribution in [2.24, 2.45) is 0 Å². The van der Waals surface area contributed by atoms with Crippen molar-refractivity contribution >= 4 is 33.9 Å². The molecule has 0 bridgehead atoms. The van der Waals surface area contributed by atoms with Gasteiger partial charge in [0.25, 0.3) is 0 Å². The molecule has 0 saturated carbocycles. The van der Waals surface area contributed by atoms with Crippen molar-refractivity contribution in [2.45, 2.75) is 18.2 Å². The number of ether oxygens (including phenoxy) is 2. The summed E-state index contributed by atoms with van der Waals surface area (Å²) < 4.78 is 11.8. The summed E-state index contributed by atoms with van der Waals surface area (Å²) in [7, 11) is 1.65. The van der Waals surface area contributed by atoms with Crippen molar-refractivity contribution < 1.29 is 9.47 Å². The molecule has 5 nitrogen and oxygen atoms in total. The molecule has 0 aliphatic carbocycles. The van der Waals surface area contributed by atoms with E-state index in [1.54, 1.807) is 30.2 Å². The lowest BCUT2D eigenvalue weighted by Gasteiger charge is -2.08. The zero-order chi connectivity index (χ0) is 18.4. The first-order chi connectivity index (χ1) is 12.7. The van der Waals surface area contributed by atoms with E-state index in [2.05, 4.69) is 41.5 Å². The van der Waals surface area contributed by atoms with Crippen LogP contribution in [0.3, 0.4) is 0 Å². The number of aromatic nitrogens is 2. The molecular formula is C19H21N3O2S2. The molecule has 0 fully saturated rings. The highest BCUT2D eigenvalue weighted by Crippen LogP contribution is 2.29. The minimum absolute atomic E-state index is 0.607. The maximum absolute atomic E-state index is 5.72. The summed E-state index contributed by atoms with van der Waals surface area (Å²) in [5, 5.41) is 12.6. The van der Waals surface area contributed by atoms with E-state index in [9.17, 15) is 0 Å². The maximum Gasteiger partial charge on any atom is 0.210 e. The topological polar surface area (TPSA) is 56.3 Å². The van der Waals surface area contributed by atoms with E-state index >= 15 is 0 Å². The van der Waals surface area contributed by atoms with Gasteiger partial charge in [-0.3, -0.25) is 0 Å². The summed E-state index contributed by atoms with van der Waals surface area (Å²) >= 11 is 3.19. The van der Waals surface area contributed by atoms with Crippen LogP contribution in [-0.2, 0) is 0 Å². The average molecular weight is 388 g/mol. The minimum atomic E-state index is 0.607. The molecule has 0 unspecified atom stereocenters. The van der Waals surface area contributed by atoms with Gasteiger partial charge in [-0.1, -0.05) is 35.2 Å². The van der Waals surface area contributed by atoms with E-state index in [0.717, 1.165) is 32.4 Å². The largest absolute Gasteiger partial charge is 0.497 e. The molecule has 0 amide bonds. The van der Waals surface area contributed by atoms with Gasteiger partial charge < -0.3 is 14.8 Å². The number of nitrogens with one attached hydrogen (secondary N) is 1. The van der Waals surface area contributed by atoms with E-state index < -0.39 is 0 Å². The molecule has 0 spiro atoms. The van der Waals surface area contributed by atoms with Crippen LogP contribution in [0.1, 0.15) is 11.1 Å². The van der Waals surface area contributed by atoms with Crippen LogP contribution in [0, 0.1) is 13.8 Å². The van der Waals surface area contributed by atoms with Gasteiger partial charge >= 0.3 is 0 Å². The Balaban J connectivity index is 1.47. The van der Waals surface area contributed by atoms with E-state index in [4.69, 9.17) is 9.47 Å². The molecule has 1 aromatic heterocycles. The van der Waals surface area contributed by atoms with Gasteiger partial charge in [0.15, 0.2) is 4.34 Å². The molecule has 136 valence electrons. The number of nitrogens with zero attached hydrogens (tertiary/aromatic N) is 2. The van der Waals surface area contributed by atoms with Gasteiger partial charge in [0, 0.05) is 11.4 Å². The molecule has 0 atom stereocenters. The lowest BCUT2D eigenvalue weighted by atomic mass is 10.1. The fraction of sp³-hybridized carbons (Fsp3) is 0.263. The van der Waals surface area contributed by atoms with Crippen LogP contribution in [0.4, 0.5) is 10.8 Å². The Morgan fingerprint density at radius 3 is 2.58 bits per heavy atom. The standard InChI is InChI=1S/C19H21N3O2S2/c1-13-5-4-6-17(14(13)2)20-18-21-22-19(26-18)25-12-11-24-16-9-7-15(23-3)8-10-16/h4-10H,11-12H2,1-3H3,(H,20,21). The third-order valence-corrected chi connectivity index (χ3v) is 5.83. The van der Waals surface area contributed by atoms with Gasteiger partial charge in [-0.15, -0.1) is 10.2 Å². The Morgan fingerprint density at radius 2 is 1.81 bits per heavy atom. The van der Waals surface area contributed by atoms with Crippen molar-refractivity contribution in [3.8, 4) is 11.5 Å². The molecule has 2 aromatic carbocycles. The highest BCUT2D eigenvalue weighted by Gasteiger charge is 2.07. The highest BCUT2D eigenvalue weighted by atomic mass is 32.2. The molecule has 1 N–H and O–H groups in total. The first-order valence-corrected chi connectivity index (χ1v) is 10.0. The number of aryl methyl sites for hydroxylation is 1. The Bertz CT molecular complexity index is 850. The molecule has 26 heavy (non-hydrogen) atoms. The highest BCUT2D eigenvalue weighted by molar-refractivity contribution is 8.01. The number of thioether (sulfide) groups is 1. The Labute approximate surface area is 161 Å². The fourth-order valence-corrected chi connectivity index (χ4v) is 3.93. The van der Waals surface area contributed by atoms with Gasteiger partial charge in [0.2, 0.25) is 5.13 Å². The summed E-state index contributed by atoms with van der Waals surface area (Å²) in [6.07, 6.45) is 0. The normalized spacial score (nSPS) is 10.6. The van der Waals surface area contributed by atoms with Crippen LogP contribution in [0.2, 0.25) is 0 Å². The summed E-state index contributed by atoms with van der Waals surface area (Å²) in [5.41, 5.74) is 3.55. The lowest BCUT2D eigenvalue weighted by Crippen LogP contribution is -1.99. The summed E-state index contributed by atoms with van der Waals surface area (Å²) in [5.74, 6) is 2.47. The summed E-state index contributed by atoms with van der Waals surface area (Å²) in [6, 6.07) is 13.8. The van der Waals surface area contributed by atoms with Crippen molar-refractivity contribution in [3.05, 3.63) is 53.6 Å². The SMILES string of the molecule is COc1ccc(OCCSc2nnc(Nc3cccc(C)c3C)s2)cc1. The van der Waals surface area contributed by atoms with Crippen LogP contribution in [-0.4, -0.2) is 29.7 Å². The monoisotopic (exact) mass is 387 g/mol. The van der Waals surface area contributed by atoms with Crippen molar-refractivity contribution in [1.29, 1.82) is 0 Å². The third-order valence-electron chi connectivity index (χ3n) is 3.89. The fourth-order valence-electron chi connectivity index (χ4n) is 2.28. The van der Waals surface area contributed by atoms with Crippen molar-refractivity contribution in [2.75, 3.05) is 24.8 Å². The molecule has 0 radical (unpaired) electrons. The van der Waals surface area contributed by atoms with E-state index in [0.29, 0.717) is 6.61 Å². The zero-order valence-corrected chi connectivity index (χ0v) is 16.6. The first-order valence-electron chi connectivity index (χ1n) is 8.22. The Morgan fingerprint density at radius 1 is 1.04 bits per heavy atom. The van der Waals surface area contributed by atoms with Crippen molar-refractivity contribution in [1.82, 2.24) is 10.2 Å². The Kier molecular flexibility index (Phi) is 6.35. The molecule has 7 heteroatoms. The molecule has 3 aromatic rings. The molecule has 0 saturated heterocycles. The van der Waals surface area contributed by atoms with Gasteiger partial charge in [-0.05, 0) is 55.3 Å². The third kappa shape index (κ3) is 4.89. The zero-order valence-electron chi connectivity index (χ0n) is 15.0. The van der Waals surface area contributed by atoms with Gasteiger partial charge in [-0.2, -0.15) is 0 Å². The lowest BCUT2D eigenvalue weighted by molar-refractivity contribution is 0.342. The molecule has 1 heterocycles. The predicted octanol–water partition coefficient (Wildman–Crippen LogP) is 5.08. The van der Waals surface area contributed by atoms with Crippen molar-refractivity contribution in [3.63, 3.8) is 0 Å². The molecule has 0 aliphatic rings. The van der Waals surface area contributed by atoms with Gasteiger partial charge in [-0.25, -0.2) is 0 Å². The average Bonchev–Trinajstić information content (AvgIpc) is 3.10. The second-order valence-corrected chi connectivity index (χ2v) is 7.94.